The molecule has 1 aromatic rings. The van der Waals surface area contributed by atoms with Crippen molar-refractivity contribution in [1.29, 1.82) is 0 Å². The van der Waals surface area contributed by atoms with Crippen LogP contribution in [0.5, 0.6) is 0 Å². The standard InChI is InChI=1S/C10H18N4OS/c1-7(2)4-9(10(15)11-3)12-5-8-6-16-14-13-8/h6-7,9,12H,4-5H2,1-3H3,(H,11,15). The van der Waals surface area contributed by atoms with E-state index in [9.17, 15) is 4.79 Å². The highest BCUT2D eigenvalue weighted by molar-refractivity contribution is 7.03. The lowest BCUT2D eigenvalue weighted by molar-refractivity contribution is -0.123. The van der Waals surface area contributed by atoms with Gasteiger partial charge in [-0.3, -0.25) is 4.79 Å². The van der Waals surface area contributed by atoms with Crippen LogP contribution in [0.1, 0.15) is 26.0 Å². The maximum Gasteiger partial charge on any atom is 0.236 e. The average molecular weight is 242 g/mol. The fourth-order valence-corrected chi connectivity index (χ4v) is 1.87. The predicted octanol–water partition coefficient (Wildman–Crippen LogP) is 0.788. The Kier molecular flexibility index (Phi) is 5.34. The summed E-state index contributed by atoms with van der Waals surface area (Å²) in [6.45, 7) is 4.78. The maximum absolute atomic E-state index is 11.6. The van der Waals surface area contributed by atoms with Gasteiger partial charge in [-0.2, -0.15) is 0 Å². The van der Waals surface area contributed by atoms with E-state index in [4.69, 9.17) is 0 Å². The lowest BCUT2D eigenvalue weighted by atomic mass is 10.0. The van der Waals surface area contributed by atoms with E-state index in [1.807, 2.05) is 5.38 Å². The van der Waals surface area contributed by atoms with Gasteiger partial charge in [-0.15, -0.1) is 5.10 Å². The van der Waals surface area contributed by atoms with Gasteiger partial charge in [-0.05, 0) is 23.9 Å². The normalized spacial score (nSPS) is 12.8. The van der Waals surface area contributed by atoms with Gasteiger partial charge in [0.05, 0.1) is 11.7 Å². The molecule has 0 aliphatic heterocycles. The summed E-state index contributed by atoms with van der Waals surface area (Å²) < 4.78 is 3.78. The van der Waals surface area contributed by atoms with E-state index in [1.165, 1.54) is 11.5 Å². The maximum atomic E-state index is 11.6. The monoisotopic (exact) mass is 242 g/mol. The van der Waals surface area contributed by atoms with E-state index in [-0.39, 0.29) is 11.9 Å². The molecule has 1 aromatic heterocycles. The van der Waals surface area contributed by atoms with E-state index in [2.05, 4.69) is 34.1 Å². The molecule has 1 heterocycles. The molecule has 1 rings (SSSR count). The molecule has 0 fully saturated rings. The van der Waals surface area contributed by atoms with Crippen molar-refractivity contribution in [1.82, 2.24) is 20.2 Å². The molecule has 0 aliphatic carbocycles. The van der Waals surface area contributed by atoms with E-state index in [0.29, 0.717) is 12.5 Å². The van der Waals surface area contributed by atoms with Crippen LogP contribution in [0.2, 0.25) is 0 Å². The number of carbonyl (C=O) groups excluding carboxylic acids is 1. The van der Waals surface area contributed by atoms with Crippen molar-refractivity contribution < 1.29 is 4.79 Å². The molecule has 0 aliphatic rings. The Labute approximate surface area is 99.8 Å². The van der Waals surface area contributed by atoms with E-state index >= 15 is 0 Å². The minimum absolute atomic E-state index is 0.0249. The molecule has 2 N–H and O–H groups in total. The van der Waals surface area contributed by atoms with Crippen molar-refractivity contribution in [3.63, 3.8) is 0 Å². The van der Waals surface area contributed by atoms with Gasteiger partial charge in [0.15, 0.2) is 0 Å². The van der Waals surface area contributed by atoms with Crippen molar-refractivity contribution in [2.24, 2.45) is 5.92 Å². The number of likely N-dealkylation sites (N-methyl/N-ethyl adjacent to an activating group) is 1. The van der Waals surface area contributed by atoms with Gasteiger partial charge in [-0.1, -0.05) is 18.3 Å². The average Bonchev–Trinajstić information content (AvgIpc) is 2.75. The van der Waals surface area contributed by atoms with Gasteiger partial charge in [0.25, 0.3) is 0 Å². The SMILES string of the molecule is CNC(=O)C(CC(C)C)NCc1csnn1. The van der Waals surface area contributed by atoms with Crippen LogP contribution in [-0.2, 0) is 11.3 Å². The van der Waals surface area contributed by atoms with Gasteiger partial charge in [0, 0.05) is 19.0 Å². The molecular weight excluding hydrogens is 224 g/mol. The number of nitrogens with zero attached hydrogens (tertiary/aromatic N) is 2. The molecule has 0 aromatic carbocycles. The second kappa shape index (κ2) is 6.55. The molecule has 90 valence electrons. The van der Waals surface area contributed by atoms with Crippen molar-refractivity contribution in [2.45, 2.75) is 32.9 Å². The predicted molar refractivity (Wildman–Crippen MR) is 64.1 cm³/mol. The highest BCUT2D eigenvalue weighted by Gasteiger charge is 2.17. The Bertz CT molecular complexity index is 313. The largest absolute Gasteiger partial charge is 0.358 e. The van der Waals surface area contributed by atoms with Crippen LogP contribution in [0.15, 0.2) is 5.38 Å². The summed E-state index contributed by atoms with van der Waals surface area (Å²) in [5.74, 6) is 0.500. The van der Waals surface area contributed by atoms with Crippen molar-refractivity contribution in [2.75, 3.05) is 7.05 Å². The molecule has 16 heavy (non-hydrogen) atoms. The molecule has 6 heteroatoms. The number of rotatable bonds is 6. The van der Waals surface area contributed by atoms with Crippen LogP contribution in [0.4, 0.5) is 0 Å². The van der Waals surface area contributed by atoms with E-state index < -0.39 is 0 Å². The number of hydrogen-bond donors (Lipinski definition) is 2. The molecule has 0 radical (unpaired) electrons. The van der Waals surface area contributed by atoms with Crippen LogP contribution in [0, 0.1) is 5.92 Å². The quantitative estimate of drug-likeness (QED) is 0.774. The fraction of sp³-hybridized carbons (Fsp3) is 0.700. The Morgan fingerprint density at radius 1 is 1.56 bits per heavy atom. The van der Waals surface area contributed by atoms with Crippen molar-refractivity contribution in [3.05, 3.63) is 11.1 Å². The van der Waals surface area contributed by atoms with Gasteiger partial charge >= 0.3 is 0 Å². The minimum atomic E-state index is -0.160. The molecular formula is C10H18N4OS. The molecule has 0 bridgehead atoms. The summed E-state index contributed by atoms with van der Waals surface area (Å²) >= 11 is 1.32. The van der Waals surface area contributed by atoms with Crippen LogP contribution in [0.25, 0.3) is 0 Å². The molecule has 1 unspecified atom stereocenters. The zero-order valence-corrected chi connectivity index (χ0v) is 10.7. The molecule has 1 amide bonds. The molecule has 0 spiro atoms. The summed E-state index contributed by atoms with van der Waals surface area (Å²) in [4.78, 5) is 11.6. The zero-order valence-electron chi connectivity index (χ0n) is 9.86. The minimum Gasteiger partial charge on any atom is -0.358 e. The van der Waals surface area contributed by atoms with E-state index in [0.717, 1.165) is 12.1 Å². The lowest BCUT2D eigenvalue weighted by Crippen LogP contribution is -2.43. The zero-order chi connectivity index (χ0) is 12.0. The highest BCUT2D eigenvalue weighted by Crippen LogP contribution is 2.06. The first-order valence-corrected chi connectivity index (χ1v) is 6.18. The van der Waals surface area contributed by atoms with Crippen LogP contribution in [0.3, 0.4) is 0 Å². The third-order valence-corrected chi connectivity index (χ3v) is 2.76. The topological polar surface area (TPSA) is 66.9 Å². The number of carbonyl (C=O) groups is 1. The second-order valence-corrected chi connectivity index (χ2v) is 4.68. The van der Waals surface area contributed by atoms with Gasteiger partial charge in [-0.25, -0.2) is 0 Å². The Hall–Kier alpha value is -1.01. The number of hydrogen-bond acceptors (Lipinski definition) is 5. The third kappa shape index (κ3) is 4.24. The smallest absolute Gasteiger partial charge is 0.236 e. The number of nitrogens with one attached hydrogen (secondary N) is 2. The van der Waals surface area contributed by atoms with Crippen LogP contribution in [-0.4, -0.2) is 28.6 Å². The molecule has 5 nitrogen and oxygen atoms in total. The second-order valence-electron chi connectivity index (χ2n) is 4.07. The van der Waals surface area contributed by atoms with Crippen molar-refractivity contribution >= 4 is 17.4 Å². The Balaban J connectivity index is 2.46. The van der Waals surface area contributed by atoms with Crippen molar-refractivity contribution in [3.8, 4) is 0 Å². The van der Waals surface area contributed by atoms with Gasteiger partial charge < -0.3 is 10.6 Å². The fourth-order valence-electron chi connectivity index (χ4n) is 1.42. The number of amides is 1. The first-order valence-electron chi connectivity index (χ1n) is 5.34. The van der Waals surface area contributed by atoms with Crippen LogP contribution >= 0.6 is 11.5 Å². The molecule has 0 saturated heterocycles. The molecule has 0 saturated carbocycles. The summed E-state index contributed by atoms with van der Waals surface area (Å²) in [5, 5.41) is 11.7. The first-order chi connectivity index (χ1) is 7.63. The Morgan fingerprint density at radius 2 is 2.31 bits per heavy atom. The van der Waals surface area contributed by atoms with E-state index in [1.54, 1.807) is 7.05 Å². The van der Waals surface area contributed by atoms with Crippen LogP contribution < -0.4 is 10.6 Å². The van der Waals surface area contributed by atoms with Gasteiger partial charge in [0.2, 0.25) is 5.91 Å². The first kappa shape index (κ1) is 13.1. The third-order valence-electron chi connectivity index (χ3n) is 2.20. The highest BCUT2D eigenvalue weighted by atomic mass is 32.1. The summed E-state index contributed by atoms with van der Waals surface area (Å²) in [6, 6.07) is -0.160. The summed E-state index contributed by atoms with van der Waals surface area (Å²) in [6.07, 6.45) is 0.817. The number of aromatic nitrogens is 2. The molecule has 1 atom stereocenters. The summed E-state index contributed by atoms with van der Waals surface area (Å²) in [7, 11) is 1.65. The Morgan fingerprint density at radius 3 is 2.81 bits per heavy atom. The van der Waals surface area contributed by atoms with Gasteiger partial charge in [0.1, 0.15) is 0 Å². The lowest BCUT2D eigenvalue weighted by Gasteiger charge is -2.18. The summed E-state index contributed by atoms with van der Waals surface area (Å²) in [5.41, 5.74) is 0.877.